The molecule has 4 heteroatoms. The third-order valence-corrected chi connectivity index (χ3v) is 11.2. The van der Waals surface area contributed by atoms with Gasteiger partial charge in [-0.2, -0.15) is 0 Å². The van der Waals surface area contributed by atoms with E-state index in [-0.39, 0.29) is 0 Å². The topological polar surface area (TPSA) is 60.7 Å². The minimum Gasteiger partial charge on any atom is -0.359 e. The van der Waals surface area contributed by atoms with Gasteiger partial charge >= 0.3 is 0 Å². The van der Waals surface area contributed by atoms with Crippen molar-refractivity contribution in [2.75, 3.05) is 6.16 Å². The number of unbranched alkanes of at least 4 members (excludes halogenated alkanes) is 9. The molecular formula is C21H46O3P+. The monoisotopic (exact) mass is 377 g/mol. The predicted octanol–water partition coefficient (Wildman–Crippen LogP) is 6.11. The van der Waals surface area contributed by atoms with Crippen molar-refractivity contribution in [3.63, 3.8) is 0 Å². The average molecular weight is 378 g/mol. The highest BCUT2D eigenvalue weighted by Gasteiger charge is 2.54. The van der Waals surface area contributed by atoms with Gasteiger partial charge in [0.25, 0.3) is 0 Å². The zero-order chi connectivity index (χ0) is 19.1. The Morgan fingerprint density at radius 2 is 0.840 bits per heavy atom. The lowest BCUT2D eigenvalue weighted by Gasteiger charge is -2.38. The van der Waals surface area contributed by atoms with E-state index in [0.29, 0.717) is 19.3 Å². The maximum absolute atomic E-state index is 10.6. The van der Waals surface area contributed by atoms with Crippen molar-refractivity contribution >= 4 is 7.26 Å². The lowest BCUT2D eigenvalue weighted by atomic mass is 10.1. The van der Waals surface area contributed by atoms with Crippen molar-refractivity contribution in [2.45, 2.75) is 129 Å². The molecule has 3 unspecified atom stereocenters. The van der Waals surface area contributed by atoms with Gasteiger partial charge in [0, 0.05) is 19.3 Å². The van der Waals surface area contributed by atoms with Crippen LogP contribution in [-0.4, -0.2) is 39.0 Å². The van der Waals surface area contributed by atoms with Crippen LogP contribution in [0.25, 0.3) is 0 Å². The molecule has 0 aromatic carbocycles. The fraction of sp³-hybridized carbons (Fsp3) is 1.00. The summed E-state index contributed by atoms with van der Waals surface area (Å²) >= 11 is 0. The minimum absolute atomic E-state index is 0.532. The van der Waals surface area contributed by atoms with Crippen molar-refractivity contribution in [1.29, 1.82) is 0 Å². The van der Waals surface area contributed by atoms with Crippen LogP contribution in [-0.2, 0) is 0 Å². The molecule has 0 heterocycles. The van der Waals surface area contributed by atoms with Gasteiger partial charge in [-0.05, 0) is 12.8 Å². The highest BCUT2D eigenvalue weighted by atomic mass is 31.2. The van der Waals surface area contributed by atoms with Gasteiger partial charge in [-0.1, -0.05) is 79.1 Å². The first-order chi connectivity index (χ1) is 12.0. The Hall–Kier alpha value is 0.310. The Balaban J connectivity index is 4.31. The summed E-state index contributed by atoms with van der Waals surface area (Å²) in [5.74, 6) is -1.59. The Labute approximate surface area is 158 Å². The van der Waals surface area contributed by atoms with Crippen LogP contribution in [0.1, 0.15) is 111 Å². The molecule has 0 saturated carbocycles. The van der Waals surface area contributed by atoms with Gasteiger partial charge in [-0.25, -0.2) is 0 Å². The molecule has 3 N–H and O–H groups in total. The molecule has 0 rings (SSSR count). The van der Waals surface area contributed by atoms with E-state index in [4.69, 9.17) is 0 Å². The van der Waals surface area contributed by atoms with E-state index in [2.05, 4.69) is 6.92 Å². The summed E-state index contributed by atoms with van der Waals surface area (Å²) in [5, 5.41) is 31.9. The molecule has 3 nitrogen and oxygen atoms in total. The van der Waals surface area contributed by atoms with Crippen LogP contribution in [0.15, 0.2) is 0 Å². The second-order valence-electron chi connectivity index (χ2n) is 7.57. The molecule has 0 spiro atoms. The smallest absolute Gasteiger partial charge is 0.169 e. The van der Waals surface area contributed by atoms with Gasteiger partial charge in [0.2, 0.25) is 0 Å². The number of aliphatic hydroxyl groups is 3. The second-order valence-corrected chi connectivity index (χ2v) is 11.8. The fourth-order valence-corrected chi connectivity index (χ4v) is 8.83. The van der Waals surface area contributed by atoms with E-state index in [1.54, 1.807) is 0 Å². The highest BCUT2D eigenvalue weighted by molar-refractivity contribution is 7.77. The molecule has 0 saturated heterocycles. The molecule has 0 aliphatic heterocycles. The lowest BCUT2D eigenvalue weighted by Crippen LogP contribution is -2.34. The third-order valence-electron chi connectivity index (χ3n) is 5.66. The van der Waals surface area contributed by atoms with E-state index in [1.807, 2.05) is 20.8 Å². The summed E-state index contributed by atoms with van der Waals surface area (Å²) in [7, 11) is -2.18. The first kappa shape index (κ1) is 25.3. The zero-order valence-corrected chi connectivity index (χ0v) is 18.3. The zero-order valence-electron chi connectivity index (χ0n) is 17.4. The molecule has 0 aliphatic carbocycles. The second kappa shape index (κ2) is 15.4. The van der Waals surface area contributed by atoms with Crippen LogP contribution >= 0.6 is 7.26 Å². The normalized spacial score (nSPS) is 17.9. The fourth-order valence-electron chi connectivity index (χ4n) is 3.94. The molecule has 3 atom stereocenters. The molecule has 0 fully saturated rings. The highest BCUT2D eigenvalue weighted by Crippen LogP contribution is 2.71. The average Bonchev–Trinajstić information content (AvgIpc) is 2.64. The SMILES string of the molecule is CCCCCCCCCCCC[P+](C(O)CC)(C(O)CC)C(O)CC. The molecule has 0 bridgehead atoms. The van der Waals surface area contributed by atoms with E-state index < -0.39 is 24.8 Å². The molecule has 0 radical (unpaired) electrons. The Kier molecular flexibility index (Phi) is 15.6. The summed E-state index contributed by atoms with van der Waals surface area (Å²) in [6, 6.07) is 0. The van der Waals surface area contributed by atoms with Gasteiger partial charge in [0.1, 0.15) is 7.26 Å². The van der Waals surface area contributed by atoms with E-state index >= 15 is 0 Å². The summed E-state index contributed by atoms with van der Waals surface area (Å²) in [4.78, 5) is 0. The van der Waals surface area contributed by atoms with Crippen LogP contribution < -0.4 is 0 Å². The van der Waals surface area contributed by atoms with Gasteiger partial charge in [-0.15, -0.1) is 0 Å². The number of hydrogen-bond donors (Lipinski definition) is 3. The maximum Gasteiger partial charge on any atom is 0.169 e. The van der Waals surface area contributed by atoms with E-state index in [1.165, 1.54) is 51.4 Å². The van der Waals surface area contributed by atoms with Crippen LogP contribution in [0.5, 0.6) is 0 Å². The molecular weight excluding hydrogens is 331 g/mol. The van der Waals surface area contributed by atoms with Gasteiger partial charge in [0.05, 0.1) is 6.16 Å². The van der Waals surface area contributed by atoms with Crippen molar-refractivity contribution in [3.8, 4) is 0 Å². The van der Waals surface area contributed by atoms with Crippen LogP contribution in [0.3, 0.4) is 0 Å². The predicted molar refractivity (Wildman–Crippen MR) is 113 cm³/mol. The number of rotatable bonds is 17. The quantitative estimate of drug-likeness (QED) is 0.212. The Morgan fingerprint density at radius 3 is 1.16 bits per heavy atom. The largest absolute Gasteiger partial charge is 0.359 e. The first-order valence-electron chi connectivity index (χ1n) is 10.9. The van der Waals surface area contributed by atoms with Crippen molar-refractivity contribution < 1.29 is 15.3 Å². The van der Waals surface area contributed by atoms with Crippen molar-refractivity contribution in [3.05, 3.63) is 0 Å². The number of aliphatic hydroxyl groups excluding tert-OH is 3. The van der Waals surface area contributed by atoms with Gasteiger partial charge in [-0.3, -0.25) is 0 Å². The maximum atomic E-state index is 10.6. The molecule has 0 aromatic rings. The first-order valence-corrected chi connectivity index (χ1v) is 13.1. The minimum atomic E-state index is -2.18. The molecule has 0 amide bonds. The van der Waals surface area contributed by atoms with E-state index in [0.717, 1.165) is 19.0 Å². The third kappa shape index (κ3) is 8.69. The van der Waals surface area contributed by atoms with Crippen LogP contribution in [0.4, 0.5) is 0 Å². The standard InChI is InChI=1S/C21H46O3P/c1-5-9-10-11-12-13-14-15-16-17-18-25(19(22)6-2,20(23)7-3)21(24)8-4/h19-24H,5-18H2,1-4H3/q+1. The Bertz CT molecular complexity index is 272. The number of hydrogen-bond acceptors (Lipinski definition) is 3. The molecule has 0 aromatic heterocycles. The van der Waals surface area contributed by atoms with Crippen LogP contribution in [0, 0.1) is 0 Å². The van der Waals surface area contributed by atoms with Gasteiger partial charge in [0.15, 0.2) is 17.5 Å². The summed E-state index contributed by atoms with van der Waals surface area (Å²) in [6.45, 7) is 8.14. The van der Waals surface area contributed by atoms with Gasteiger partial charge < -0.3 is 15.3 Å². The molecule has 152 valence electrons. The molecule has 25 heavy (non-hydrogen) atoms. The van der Waals surface area contributed by atoms with Crippen molar-refractivity contribution in [2.24, 2.45) is 0 Å². The summed E-state index contributed by atoms with van der Waals surface area (Å²) in [5.41, 5.74) is 0. The van der Waals surface area contributed by atoms with Crippen LogP contribution in [0.2, 0.25) is 0 Å². The molecule has 0 aliphatic rings. The summed E-state index contributed by atoms with van der Waals surface area (Å²) < 4.78 is 0. The van der Waals surface area contributed by atoms with E-state index in [9.17, 15) is 15.3 Å². The summed E-state index contributed by atoms with van der Waals surface area (Å²) in [6.07, 6.45) is 15.5. The Morgan fingerprint density at radius 1 is 0.520 bits per heavy atom. The lowest BCUT2D eigenvalue weighted by molar-refractivity contribution is 0.178. The van der Waals surface area contributed by atoms with Crippen molar-refractivity contribution in [1.82, 2.24) is 0 Å².